The fraction of sp³-hybridized carbons (Fsp3) is 0.591. The number of imidazole rings is 1. The number of aromatic amines is 1. The standard InChI is InChI=1S/C22H30N4O3/c1-2-3-6-17-15-29-22(28)26(17)16-11-13-25(14-12-16)21(27)10-9-20-23-18-7-4-5-8-19(18)24-20/h4-5,7-8,16-17H,2-3,6,9-15H2,1H3,(H,23,24). The van der Waals surface area contributed by atoms with Crippen molar-refractivity contribution in [3.8, 4) is 0 Å². The lowest BCUT2D eigenvalue weighted by Crippen LogP contribution is -2.49. The molecule has 2 aliphatic rings. The van der Waals surface area contributed by atoms with Gasteiger partial charge < -0.3 is 14.6 Å². The predicted molar refractivity (Wildman–Crippen MR) is 111 cm³/mol. The summed E-state index contributed by atoms with van der Waals surface area (Å²) < 4.78 is 5.31. The maximum atomic E-state index is 12.7. The van der Waals surface area contributed by atoms with Crippen LogP contribution < -0.4 is 0 Å². The van der Waals surface area contributed by atoms with Crippen molar-refractivity contribution in [2.45, 2.75) is 64.0 Å². The van der Waals surface area contributed by atoms with E-state index < -0.39 is 0 Å². The minimum atomic E-state index is -0.180. The molecule has 7 heteroatoms. The van der Waals surface area contributed by atoms with Crippen molar-refractivity contribution in [3.63, 3.8) is 0 Å². The van der Waals surface area contributed by atoms with Gasteiger partial charge in [-0.25, -0.2) is 9.78 Å². The van der Waals surface area contributed by atoms with Crippen molar-refractivity contribution in [1.82, 2.24) is 19.8 Å². The summed E-state index contributed by atoms with van der Waals surface area (Å²) in [7, 11) is 0. The van der Waals surface area contributed by atoms with Crippen LogP contribution in [-0.4, -0.2) is 63.5 Å². The number of unbranched alkanes of at least 4 members (excludes halogenated alkanes) is 1. The summed E-state index contributed by atoms with van der Waals surface area (Å²) in [5, 5.41) is 0. The first kappa shape index (κ1) is 19.7. The molecule has 1 atom stereocenters. The van der Waals surface area contributed by atoms with Crippen LogP contribution in [0.3, 0.4) is 0 Å². The van der Waals surface area contributed by atoms with E-state index >= 15 is 0 Å². The predicted octanol–water partition coefficient (Wildman–Crippen LogP) is 3.50. The fourth-order valence-corrected chi connectivity index (χ4v) is 4.48. The summed E-state index contributed by atoms with van der Waals surface area (Å²) in [6, 6.07) is 8.29. The number of likely N-dealkylation sites (tertiary alicyclic amines) is 1. The molecule has 1 aromatic heterocycles. The lowest BCUT2D eigenvalue weighted by molar-refractivity contribution is -0.132. The van der Waals surface area contributed by atoms with Gasteiger partial charge in [0.05, 0.1) is 17.1 Å². The molecule has 2 amide bonds. The largest absolute Gasteiger partial charge is 0.447 e. The number of carbonyl (C=O) groups is 2. The average molecular weight is 399 g/mol. The maximum absolute atomic E-state index is 12.7. The minimum absolute atomic E-state index is 0.162. The zero-order valence-corrected chi connectivity index (χ0v) is 17.1. The third-order valence-electron chi connectivity index (χ3n) is 6.12. The van der Waals surface area contributed by atoms with E-state index in [9.17, 15) is 9.59 Å². The summed E-state index contributed by atoms with van der Waals surface area (Å²) in [5.74, 6) is 1.02. The highest BCUT2D eigenvalue weighted by Crippen LogP contribution is 2.26. The van der Waals surface area contributed by atoms with Crippen molar-refractivity contribution < 1.29 is 14.3 Å². The van der Waals surface area contributed by atoms with E-state index in [1.165, 1.54) is 0 Å². The zero-order chi connectivity index (χ0) is 20.2. The fourth-order valence-electron chi connectivity index (χ4n) is 4.48. The summed E-state index contributed by atoms with van der Waals surface area (Å²) in [5.41, 5.74) is 1.94. The molecular weight excluding hydrogens is 368 g/mol. The highest BCUT2D eigenvalue weighted by atomic mass is 16.6. The number of para-hydroxylation sites is 2. The number of nitrogens with zero attached hydrogens (tertiary/aromatic N) is 3. The molecule has 1 N–H and O–H groups in total. The van der Waals surface area contributed by atoms with Crippen LogP contribution in [-0.2, 0) is 16.0 Å². The summed E-state index contributed by atoms with van der Waals surface area (Å²) >= 11 is 0. The maximum Gasteiger partial charge on any atom is 0.410 e. The van der Waals surface area contributed by atoms with E-state index in [2.05, 4.69) is 16.9 Å². The molecule has 29 heavy (non-hydrogen) atoms. The van der Waals surface area contributed by atoms with E-state index in [1.807, 2.05) is 34.1 Å². The third kappa shape index (κ3) is 4.38. The topological polar surface area (TPSA) is 78.5 Å². The number of benzene rings is 1. The molecule has 2 aromatic rings. The molecule has 7 nitrogen and oxygen atoms in total. The Morgan fingerprint density at radius 3 is 2.83 bits per heavy atom. The number of rotatable bonds is 7. The number of nitrogens with one attached hydrogen (secondary N) is 1. The minimum Gasteiger partial charge on any atom is -0.447 e. The van der Waals surface area contributed by atoms with Crippen LogP contribution in [0.5, 0.6) is 0 Å². The SMILES string of the molecule is CCCCC1COC(=O)N1C1CCN(C(=O)CCc2nc3ccccc3[nH]2)CC1. The molecule has 2 saturated heterocycles. The Labute approximate surface area is 171 Å². The first-order chi connectivity index (χ1) is 14.2. The zero-order valence-electron chi connectivity index (χ0n) is 17.1. The second-order valence-electron chi connectivity index (χ2n) is 8.09. The van der Waals surface area contributed by atoms with Gasteiger partial charge in [-0.2, -0.15) is 0 Å². The number of piperidine rings is 1. The second-order valence-corrected chi connectivity index (χ2v) is 8.09. The van der Waals surface area contributed by atoms with Crippen LogP contribution in [0.1, 0.15) is 51.3 Å². The lowest BCUT2D eigenvalue weighted by atomic mass is 10.00. The van der Waals surface area contributed by atoms with Crippen LogP contribution in [0.25, 0.3) is 11.0 Å². The first-order valence-electron chi connectivity index (χ1n) is 10.8. The van der Waals surface area contributed by atoms with Gasteiger partial charge in [-0.15, -0.1) is 0 Å². The van der Waals surface area contributed by atoms with Crippen LogP contribution in [0, 0.1) is 0 Å². The highest BCUT2D eigenvalue weighted by molar-refractivity contribution is 5.77. The Balaban J connectivity index is 1.27. The van der Waals surface area contributed by atoms with Crippen molar-refractivity contribution in [3.05, 3.63) is 30.1 Å². The Morgan fingerprint density at radius 1 is 1.28 bits per heavy atom. The molecule has 1 aromatic carbocycles. The van der Waals surface area contributed by atoms with E-state index in [0.717, 1.165) is 49.0 Å². The van der Waals surface area contributed by atoms with Crippen LogP contribution in [0.4, 0.5) is 4.79 Å². The quantitative estimate of drug-likeness (QED) is 0.774. The van der Waals surface area contributed by atoms with E-state index in [-0.39, 0.29) is 24.1 Å². The van der Waals surface area contributed by atoms with Crippen LogP contribution in [0.15, 0.2) is 24.3 Å². The molecule has 2 fully saturated rings. The highest BCUT2D eigenvalue weighted by Gasteiger charge is 2.39. The summed E-state index contributed by atoms with van der Waals surface area (Å²) in [4.78, 5) is 36.6. The molecule has 4 rings (SSSR count). The Bertz CT molecular complexity index is 824. The number of aryl methyl sites for hydroxylation is 1. The van der Waals surface area contributed by atoms with E-state index in [4.69, 9.17) is 4.74 Å². The Hall–Kier alpha value is -2.57. The molecule has 0 aliphatic carbocycles. The van der Waals surface area contributed by atoms with Gasteiger partial charge in [0.1, 0.15) is 12.4 Å². The number of hydrogen-bond acceptors (Lipinski definition) is 4. The van der Waals surface area contributed by atoms with Gasteiger partial charge in [-0.3, -0.25) is 9.69 Å². The molecular formula is C22H30N4O3. The number of amides is 2. The van der Waals surface area contributed by atoms with Crippen molar-refractivity contribution in [2.75, 3.05) is 19.7 Å². The van der Waals surface area contributed by atoms with Gasteiger partial charge in [0, 0.05) is 32.0 Å². The van der Waals surface area contributed by atoms with Gasteiger partial charge in [-0.1, -0.05) is 31.9 Å². The average Bonchev–Trinajstić information content (AvgIpc) is 3.33. The van der Waals surface area contributed by atoms with Crippen molar-refractivity contribution in [1.29, 1.82) is 0 Å². The molecule has 0 saturated carbocycles. The van der Waals surface area contributed by atoms with Crippen LogP contribution >= 0.6 is 0 Å². The smallest absolute Gasteiger partial charge is 0.410 e. The normalized spacial score (nSPS) is 20.4. The number of hydrogen-bond donors (Lipinski definition) is 1. The first-order valence-corrected chi connectivity index (χ1v) is 10.8. The Morgan fingerprint density at radius 2 is 2.07 bits per heavy atom. The number of cyclic esters (lactones) is 1. The third-order valence-corrected chi connectivity index (χ3v) is 6.12. The van der Waals surface area contributed by atoms with Gasteiger partial charge >= 0.3 is 6.09 Å². The molecule has 1 unspecified atom stereocenters. The molecule has 0 bridgehead atoms. The van der Waals surface area contributed by atoms with Gasteiger partial charge in [0.25, 0.3) is 0 Å². The summed E-state index contributed by atoms with van der Waals surface area (Å²) in [6.45, 7) is 4.08. The van der Waals surface area contributed by atoms with Crippen molar-refractivity contribution >= 4 is 23.0 Å². The van der Waals surface area contributed by atoms with Gasteiger partial charge in [0.15, 0.2) is 0 Å². The molecule has 0 radical (unpaired) electrons. The molecule has 2 aliphatic heterocycles. The number of ether oxygens (including phenoxy) is 1. The monoisotopic (exact) mass is 398 g/mol. The number of fused-ring (bicyclic) bond motifs is 1. The number of carbonyl (C=O) groups excluding carboxylic acids is 2. The summed E-state index contributed by atoms with van der Waals surface area (Å²) in [6.07, 6.45) is 5.77. The van der Waals surface area contributed by atoms with E-state index in [1.54, 1.807) is 0 Å². The molecule has 0 spiro atoms. The molecule has 156 valence electrons. The van der Waals surface area contributed by atoms with E-state index in [0.29, 0.717) is 32.5 Å². The molecule has 3 heterocycles. The Kier molecular flexibility index (Phi) is 6.02. The van der Waals surface area contributed by atoms with Crippen LogP contribution in [0.2, 0.25) is 0 Å². The lowest BCUT2D eigenvalue weighted by Gasteiger charge is -2.38. The number of aromatic nitrogens is 2. The van der Waals surface area contributed by atoms with Gasteiger partial charge in [0.2, 0.25) is 5.91 Å². The second kappa shape index (κ2) is 8.84. The van der Waals surface area contributed by atoms with Gasteiger partial charge in [-0.05, 0) is 31.4 Å². The number of H-pyrrole nitrogens is 1. The van der Waals surface area contributed by atoms with Crippen molar-refractivity contribution in [2.24, 2.45) is 0 Å².